The van der Waals surface area contributed by atoms with Gasteiger partial charge in [0.1, 0.15) is 5.82 Å². The summed E-state index contributed by atoms with van der Waals surface area (Å²) in [5.74, 6) is -1.55. The maximum absolute atomic E-state index is 13.5. The van der Waals surface area contributed by atoms with Crippen molar-refractivity contribution in [2.24, 2.45) is 5.92 Å². The van der Waals surface area contributed by atoms with E-state index in [0.29, 0.717) is 48.2 Å². The molecule has 0 aliphatic carbocycles. The number of nitrogens with zero attached hydrogens (tertiary/aromatic N) is 3. The van der Waals surface area contributed by atoms with Gasteiger partial charge < -0.3 is 14.7 Å². The summed E-state index contributed by atoms with van der Waals surface area (Å²) >= 11 is 6.58. The maximum Gasteiger partial charge on any atom is 0.290 e. The lowest BCUT2D eigenvalue weighted by Crippen LogP contribution is -2.43. The van der Waals surface area contributed by atoms with Crippen molar-refractivity contribution in [2.45, 2.75) is 52.0 Å². The minimum absolute atomic E-state index is 0.0756. The Morgan fingerprint density at radius 2 is 1.76 bits per heavy atom. The van der Waals surface area contributed by atoms with Crippen LogP contribution in [0, 0.1) is 11.7 Å². The largest absolute Gasteiger partial charge is 0.373 e. The van der Waals surface area contributed by atoms with Gasteiger partial charge in [0.25, 0.3) is 11.8 Å². The van der Waals surface area contributed by atoms with Crippen LogP contribution in [0.2, 0.25) is 5.02 Å². The second-order valence-electron chi connectivity index (χ2n) is 10.4. The Bertz CT molecular complexity index is 1180. The summed E-state index contributed by atoms with van der Waals surface area (Å²) in [6.07, 6.45) is 2.56. The zero-order valence-corrected chi connectivity index (χ0v) is 22.7. The van der Waals surface area contributed by atoms with Crippen LogP contribution in [0.3, 0.4) is 0 Å². The molecule has 0 bridgehead atoms. The highest BCUT2D eigenvalue weighted by Crippen LogP contribution is 2.40. The predicted molar refractivity (Wildman–Crippen MR) is 144 cm³/mol. The standard InChI is InChI=1S/C29H35ClFN3O3/c1-5-34(18(2)3)29(37)27(35)24-17-32(4)26-16-25(30)23(15-22(24)26)28(36)33-12-10-20(11-13-33)14-19-6-8-21(31)9-7-19/h6-9,15-16,18,20,24H,5,10-14,17H2,1-4H3. The van der Waals surface area contributed by atoms with E-state index in [4.69, 9.17) is 11.6 Å². The lowest BCUT2D eigenvalue weighted by atomic mass is 9.89. The molecule has 2 aromatic rings. The van der Waals surface area contributed by atoms with Crippen molar-refractivity contribution in [3.05, 3.63) is 63.9 Å². The average molecular weight is 528 g/mol. The summed E-state index contributed by atoms with van der Waals surface area (Å²) in [5, 5.41) is 0.348. The normalized spacial score (nSPS) is 17.8. The van der Waals surface area contributed by atoms with Crippen LogP contribution in [0.1, 0.15) is 61.0 Å². The first-order valence-electron chi connectivity index (χ1n) is 13.0. The molecule has 4 rings (SSSR count). The Labute approximate surface area is 223 Å². The number of carbonyl (C=O) groups is 3. The van der Waals surface area contributed by atoms with Crippen LogP contribution < -0.4 is 4.90 Å². The van der Waals surface area contributed by atoms with E-state index in [-0.39, 0.29) is 17.8 Å². The van der Waals surface area contributed by atoms with Gasteiger partial charge >= 0.3 is 0 Å². The molecule has 0 radical (unpaired) electrons. The summed E-state index contributed by atoms with van der Waals surface area (Å²) in [6.45, 7) is 7.69. The third-order valence-corrected chi connectivity index (χ3v) is 7.99. The van der Waals surface area contributed by atoms with Gasteiger partial charge in [0, 0.05) is 45.0 Å². The van der Waals surface area contributed by atoms with Gasteiger partial charge in [-0.2, -0.15) is 0 Å². The van der Waals surface area contributed by atoms with E-state index < -0.39 is 17.6 Å². The van der Waals surface area contributed by atoms with Gasteiger partial charge in [-0.25, -0.2) is 4.39 Å². The van der Waals surface area contributed by atoms with Crippen LogP contribution in [0.15, 0.2) is 36.4 Å². The van der Waals surface area contributed by atoms with Crippen molar-refractivity contribution in [1.82, 2.24) is 9.80 Å². The van der Waals surface area contributed by atoms with Crippen molar-refractivity contribution >= 4 is 34.9 Å². The molecule has 2 aromatic carbocycles. The number of fused-ring (bicyclic) bond motifs is 1. The summed E-state index contributed by atoms with van der Waals surface area (Å²) in [5.41, 5.74) is 2.92. The number of benzene rings is 2. The fraction of sp³-hybridized carbons (Fsp3) is 0.483. The van der Waals surface area contributed by atoms with Gasteiger partial charge in [-0.05, 0) is 81.3 Å². The van der Waals surface area contributed by atoms with E-state index >= 15 is 0 Å². The van der Waals surface area contributed by atoms with Crippen molar-refractivity contribution in [3.8, 4) is 0 Å². The molecular formula is C29H35ClFN3O3. The zero-order chi connectivity index (χ0) is 26.9. The quantitative estimate of drug-likeness (QED) is 0.479. The second kappa shape index (κ2) is 11.2. The maximum atomic E-state index is 13.5. The van der Waals surface area contributed by atoms with Crippen LogP contribution in [0.5, 0.6) is 0 Å². The molecule has 0 spiro atoms. The highest BCUT2D eigenvalue weighted by atomic mass is 35.5. The van der Waals surface area contributed by atoms with Gasteiger partial charge in [0.05, 0.1) is 16.5 Å². The molecule has 198 valence electrons. The molecule has 2 amide bonds. The number of Topliss-reactive ketones (excluding diaryl/α,β-unsaturated/α-hetero) is 1. The molecule has 37 heavy (non-hydrogen) atoms. The van der Waals surface area contributed by atoms with Crippen LogP contribution in [-0.2, 0) is 16.0 Å². The smallest absolute Gasteiger partial charge is 0.290 e. The van der Waals surface area contributed by atoms with E-state index in [0.717, 1.165) is 30.5 Å². The van der Waals surface area contributed by atoms with E-state index in [1.165, 1.54) is 12.1 Å². The van der Waals surface area contributed by atoms with Crippen LogP contribution in [0.25, 0.3) is 0 Å². The number of amides is 2. The molecule has 2 aliphatic heterocycles. The van der Waals surface area contributed by atoms with Gasteiger partial charge in [-0.15, -0.1) is 0 Å². The van der Waals surface area contributed by atoms with Crippen molar-refractivity contribution in [2.75, 3.05) is 38.1 Å². The molecule has 6 nitrogen and oxygen atoms in total. The molecule has 1 saturated heterocycles. The second-order valence-corrected chi connectivity index (χ2v) is 10.8. The lowest BCUT2D eigenvalue weighted by Gasteiger charge is -2.32. The molecule has 1 fully saturated rings. The Kier molecular flexibility index (Phi) is 8.22. The fourth-order valence-electron chi connectivity index (χ4n) is 5.55. The highest BCUT2D eigenvalue weighted by Gasteiger charge is 2.39. The summed E-state index contributed by atoms with van der Waals surface area (Å²) in [4.78, 5) is 45.0. The first-order valence-corrected chi connectivity index (χ1v) is 13.4. The highest BCUT2D eigenvalue weighted by molar-refractivity contribution is 6.39. The van der Waals surface area contributed by atoms with Crippen LogP contribution in [-0.4, -0.2) is 66.7 Å². The monoisotopic (exact) mass is 527 g/mol. The lowest BCUT2D eigenvalue weighted by molar-refractivity contribution is -0.146. The Hall–Kier alpha value is -2.93. The van der Waals surface area contributed by atoms with Gasteiger partial charge in [0.2, 0.25) is 5.78 Å². The number of likely N-dealkylation sites (tertiary alicyclic amines) is 1. The molecule has 0 N–H and O–H groups in total. The molecule has 2 heterocycles. The number of carbonyl (C=O) groups excluding carboxylic acids is 3. The van der Waals surface area contributed by atoms with E-state index in [2.05, 4.69) is 0 Å². The molecular weight excluding hydrogens is 493 g/mol. The van der Waals surface area contributed by atoms with E-state index in [9.17, 15) is 18.8 Å². The third kappa shape index (κ3) is 5.66. The number of ketones is 1. The van der Waals surface area contributed by atoms with Gasteiger partial charge in [0.15, 0.2) is 0 Å². The number of halogens is 2. The average Bonchev–Trinajstić information content (AvgIpc) is 3.19. The van der Waals surface area contributed by atoms with E-state index in [1.54, 1.807) is 17.0 Å². The van der Waals surface area contributed by atoms with Crippen LogP contribution >= 0.6 is 11.6 Å². The van der Waals surface area contributed by atoms with Crippen molar-refractivity contribution in [1.29, 1.82) is 0 Å². The SMILES string of the molecule is CCN(C(=O)C(=O)C1CN(C)c2cc(Cl)c(C(=O)N3CCC(Cc4ccc(F)cc4)CC3)cc21)C(C)C. The number of hydrogen-bond acceptors (Lipinski definition) is 4. The summed E-state index contributed by atoms with van der Waals surface area (Å²) in [7, 11) is 1.86. The Balaban J connectivity index is 1.48. The fourth-order valence-corrected chi connectivity index (χ4v) is 5.78. The predicted octanol–water partition coefficient (Wildman–Crippen LogP) is 4.93. The first-order chi connectivity index (χ1) is 17.6. The Morgan fingerprint density at radius 3 is 2.35 bits per heavy atom. The molecule has 2 aliphatic rings. The van der Waals surface area contributed by atoms with Gasteiger partial charge in [-0.1, -0.05) is 23.7 Å². The first kappa shape index (κ1) is 27.1. The van der Waals surface area contributed by atoms with Crippen molar-refractivity contribution < 1.29 is 18.8 Å². The number of rotatable bonds is 7. The third-order valence-electron chi connectivity index (χ3n) is 7.68. The molecule has 0 saturated carbocycles. The number of hydrogen-bond donors (Lipinski definition) is 0. The minimum atomic E-state index is -0.634. The Morgan fingerprint density at radius 1 is 1.11 bits per heavy atom. The summed E-state index contributed by atoms with van der Waals surface area (Å²) < 4.78 is 13.2. The summed E-state index contributed by atoms with van der Waals surface area (Å²) in [6, 6.07) is 9.98. The number of anilines is 1. The van der Waals surface area contributed by atoms with Crippen molar-refractivity contribution in [3.63, 3.8) is 0 Å². The molecule has 0 aromatic heterocycles. The van der Waals surface area contributed by atoms with Crippen LogP contribution in [0.4, 0.5) is 10.1 Å². The number of likely N-dealkylation sites (N-methyl/N-ethyl adjacent to an activating group) is 2. The zero-order valence-electron chi connectivity index (χ0n) is 22.0. The molecule has 1 atom stereocenters. The van der Waals surface area contributed by atoms with Gasteiger partial charge in [-0.3, -0.25) is 14.4 Å². The topological polar surface area (TPSA) is 60.9 Å². The molecule has 8 heteroatoms. The molecule has 1 unspecified atom stereocenters. The minimum Gasteiger partial charge on any atom is -0.373 e. The van der Waals surface area contributed by atoms with E-state index in [1.807, 2.05) is 49.8 Å². The number of piperidine rings is 1.